The van der Waals surface area contributed by atoms with Gasteiger partial charge in [0.15, 0.2) is 0 Å². The molecule has 0 bridgehead atoms. The molecule has 2 aromatic rings. The normalized spacial score (nSPS) is 13.3. The van der Waals surface area contributed by atoms with E-state index in [4.69, 9.17) is 46.4 Å². The molecule has 0 aromatic heterocycles. The van der Waals surface area contributed by atoms with Crippen LogP contribution in [-0.2, 0) is 6.42 Å². The van der Waals surface area contributed by atoms with Crippen LogP contribution in [0.3, 0.4) is 0 Å². The fourth-order valence-electron chi connectivity index (χ4n) is 2.39. The second-order valence-corrected chi connectivity index (χ2v) is 5.92. The molecule has 98 valence electrons. The first kappa shape index (κ1) is 13.4. The Balaban J connectivity index is 2.29. The fourth-order valence-corrected chi connectivity index (χ4v) is 3.51. The summed E-state index contributed by atoms with van der Waals surface area (Å²) >= 11 is 24.7. The summed E-state index contributed by atoms with van der Waals surface area (Å²) in [5.41, 5.74) is 4.09. The third-order valence-corrected chi connectivity index (χ3v) is 4.81. The molecule has 0 unspecified atom stereocenters. The van der Waals surface area contributed by atoms with E-state index in [0.29, 0.717) is 20.1 Å². The molecule has 3 rings (SSSR count). The predicted molar refractivity (Wildman–Crippen MR) is 84.1 cm³/mol. The van der Waals surface area contributed by atoms with Crippen molar-refractivity contribution in [3.63, 3.8) is 0 Å². The molecule has 0 fully saturated rings. The maximum Gasteiger partial charge on any atom is 0.0785 e. The van der Waals surface area contributed by atoms with Crippen LogP contribution in [0.4, 0.5) is 5.69 Å². The van der Waals surface area contributed by atoms with E-state index in [1.54, 1.807) is 6.07 Å². The van der Waals surface area contributed by atoms with Crippen LogP contribution in [0.2, 0.25) is 20.1 Å². The van der Waals surface area contributed by atoms with Crippen molar-refractivity contribution in [3.05, 3.63) is 49.9 Å². The highest BCUT2D eigenvalue weighted by Crippen LogP contribution is 2.45. The standard InChI is InChI=1S/C14H9Cl4N/c15-9-6-10(16)13(17)14(18)12(9)8-2-1-3-11-7(8)4-5-19-11/h1-3,6,19H,4-5H2. The van der Waals surface area contributed by atoms with Crippen LogP contribution in [-0.4, -0.2) is 6.54 Å². The van der Waals surface area contributed by atoms with Gasteiger partial charge in [-0.15, -0.1) is 0 Å². The molecule has 1 N–H and O–H groups in total. The highest BCUT2D eigenvalue weighted by molar-refractivity contribution is 6.51. The van der Waals surface area contributed by atoms with Crippen LogP contribution < -0.4 is 5.32 Å². The molecule has 5 heteroatoms. The van der Waals surface area contributed by atoms with Crippen molar-refractivity contribution >= 4 is 52.1 Å². The maximum absolute atomic E-state index is 6.32. The number of hydrogen-bond donors (Lipinski definition) is 1. The van der Waals surface area contributed by atoms with E-state index in [0.717, 1.165) is 29.8 Å². The number of rotatable bonds is 1. The first-order chi connectivity index (χ1) is 9.09. The van der Waals surface area contributed by atoms with Crippen LogP contribution in [0.25, 0.3) is 11.1 Å². The Morgan fingerprint density at radius 1 is 0.947 bits per heavy atom. The lowest BCUT2D eigenvalue weighted by molar-refractivity contribution is 1.11. The van der Waals surface area contributed by atoms with Crippen molar-refractivity contribution in [2.75, 3.05) is 11.9 Å². The topological polar surface area (TPSA) is 12.0 Å². The van der Waals surface area contributed by atoms with Crippen molar-refractivity contribution in [1.29, 1.82) is 0 Å². The van der Waals surface area contributed by atoms with E-state index in [1.807, 2.05) is 18.2 Å². The average molecular weight is 333 g/mol. The fraction of sp³-hybridized carbons (Fsp3) is 0.143. The SMILES string of the molecule is Clc1cc(Cl)c(-c2cccc3c2CCN3)c(Cl)c1Cl. The predicted octanol–water partition coefficient (Wildman–Crippen LogP) is 5.94. The molecule has 0 radical (unpaired) electrons. The van der Waals surface area contributed by atoms with Crippen molar-refractivity contribution in [1.82, 2.24) is 0 Å². The van der Waals surface area contributed by atoms with E-state index in [2.05, 4.69) is 5.32 Å². The van der Waals surface area contributed by atoms with Gasteiger partial charge in [-0.25, -0.2) is 0 Å². The highest BCUT2D eigenvalue weighted by Gasteiger charge is 2.21. The summed E-state index contributed by atoms with van der Waals surface area (Å²) in [5.74, 6) is 0. The largest absolute Gasteiger partial charge is 0.384 e. The number of hydrogen-bond acceptors (Lipinski definition) is 1. The van der Waals surface area contributed by atoms with Crippen molar-refractivity contribution in [2.45, 2.75) is 6.42 Å². The molecular formula is C14H9Cl4N. The zero-order chi connectivity index (χ0) is 13.6. The number of benzene rings is 2. The molecular weight excluding hydrogens is 324 g/mol. The zero-order valence-electron chi connectivity index (χ0n) is 9.74. The second kappa shape index (κ2) is 5.06. The average Bonchev–Trinajstić information content (AvgIpc) is 2.85. The van der Waals surface area contributed by atoms with Gasteiger partial charge in [-0.1, -0.05) is 58.5 Å². The van der Waals surface area contributed by atoms with Crippen LogP contribution in [0.15, 0.2) is 24.3 Å². The van der Waals surface area contributed by atoms with Crippen LogP contribution in [0, 0.1) is 0 Å². The van der Waals surface area contributed by atoms with Crippen LogP contribution in [0.5, 0.6) is 0 Å². The van der Waals surface area contributed by atoms with Crippen molar-refractivity contribution in [3.8, 4) is 11.1 Å². The first-order valence-electron chi connectivity index (χ1n) is 5.78. The minimum absolute atomic E-state index is 0.339. The van der Waals surface area contributed by atoms with Gasteiger partial charge in [0.25, 0.3) is 0 Å². The lowest BCUT2D eigenvalue weighted by Crippen LogP contribution is -1.90. The van der Waals surface area contributed by atoms with E-state index >= 15 is 0 Å². The third-order valence-electron chi connectivity index (χ3n) is 3.25. The van der Waals surface area contributed by atoms with Gasteiger partial charge in [0.2, 0.25) is 0 Å². The molecule has 1 aliphatic heterocycles. The third kappa shape index (κ3) is 2.19. The molecule has 1 heterocycles. The summed E-state index contributed by atoms with van der Waals surface area (Å²) in [6.45, 7) is 0.920. The summed E-state index contributed by atoms with van der Waals surface area (Å²) in [7, 11) is 0. The van der Waals surface area contributed by atoms with Gasteiger partial charge in [0, 0.05) is 17.8 Å². The summed E-state index contributed by atoms with van der Waals surface area (Å²) < 4.78 is 0. The number of anilines is 1. The van der Waals surface area contributed by atoms with E-state index in [-0.39, 0.29) is 0 Å². The Labute approximate surface area is 131 Å². The molecule has 0 saturated carbocycles. The minimum Gasteiger partial charge on any atom is -0.384 e. The van der Waals surface area contributed by atoms with Crippen LogP contribution >= 0.6 is 46.4 Å². The van der Waals surface area contributed by atoms with Gasteiger partial charge < -0.3 is 5.32 Å². The Morgan fingerprint density at radius 2 is 1.74 bits per heavy atom. The molecule has 0 saturated heterocycles. The van der Waals surface area contributed by atoms with E-state index < -0.39 is 0 Å². The van der Waals surface area contributed by atoms with E-state index in [9.17, 15) is 0 Å². The summed E-state index contributed by atoms with van der Waals surface area (Å²) in [5, 5.41) is 4.95. The summed E-state index contributed by atoms with van der Waals surface area (Å²) in [6, 6.07) is 7.66. The van der Waals surface area contributed by atoms with E-state index in [1.165, 1.54) is 5.56 Å². The lowest BCUT2D eigenvalue weighted by Gasteiger charge is -2.13. The molecule has 1 aliphatic rings. The van der Waals surface area contributed by atoms with Gasteiger partial charge in [-0.05, 0) is 29.7 Å². The number of halogens is 4. The smallest absolute Gasteiger partial charge is 0.0785 e. The molecule has 0 spiro atoms. The lowest BCUT2D eigenvalue weighted by atomic mass is 9.98. The first-order valence-corrected chi connectivity index (χ1v) is 7.30. The van der Waals surface area contributed by atoms with Gasteiger partial charge in [0.05, 0.1) is 20.1 Å². The quantitative estimate of drug-likeness (QED) is 0.503. The Kier molecular flexibility index (Phi) is 3.57. The molecule has 0 aliphatic carbocycles. The number of fused-ring (bicyclic) bond motifs is 1. The summed E-state index contributed by atoms with van der Waals surface area (Å²) in [4.78, 5) is 0. The summed E-state index contributed by atoms with van der Waals surface area (Å²) in [6.07, 6.45) is 0.943. The number of nitrogens with one attached hydrogen (secondary N) is 1. The minimum atomic E-state index is 0.339. The van der Waals surface area contributed by atoms with Gasteiger partial charge in [0.1, 0.15) is 0 Å². The molecule has 2 aromatic carbocycles. The monoisotopic (exact) mass is 331 g/mol. The van der Waals surface area contributed by atoms with Crippen molar-refractivity contribution < 1.29 is 0 Å². The Bertz CT molecular complexity index is 667. The van der Waals surface area contributed by atoms with Gasteiger partial charge in [-0.2, -0.15) is 0 Å². The second-order valence-electron chi connectivity index (χ2n) is 4.35. The van der Waals surface area contributed by atoms with Gasteiger partial charge >= 0.3 is 0 Å². The Morgan fingerprint density at radius 3 is 2.53 bits per heavy atom. The maximum atomic E-state index is 6.32. The van der Waals surface area contributed by atoms with Crippen LogP contribution in [0.1, 0.15) is 5.56 Å². The highest BCUT2D eigenvalue weighted by atomic mass is 35.5. The van der Waals surface area contributed by atoms with Gasteiger partial charge in [-0.3, -0.25) is 0 Å². The molecule has 1 nitrogen and oxygen atoms in total. The van der Waals surface area contributed by atoms with Crippen molar-refractivity contribution in [2.24, 2.45) is 0 Å². The molecule has 19 heavy (non-hydrogen) atoms. The zero-order valence-corrected chi connectivity index (χ0v) is 12.8. The molecule has 0 amide bonds. The molecule has 0 atom stereocenters. The Hall–Kier alpha value is -0.600.